The maximum atomic E-state index is 4.49. The fraction of sp³-hybridized carbons (Fsp3) is 0.273. The van der Waals surface area contributed by atoms with Gasteiger partial charge in [0.1, 0.15) is 11.4 Å². The monoisotopic (exact) mass is 215 g/mol. The van der Waals surface area contributed by atoms with Gasteiger partial charge >= 0.3 is 0 Å². The molecule has 2 heterocycles. The summed E-state index contributed by atoms with van der Waals surface area (Å²) in [5, 5.41) is 3.02. The van der Waals surface area contributed by atoms with Gasteiger partial charge in [-0.2, -0.15) is 0 Å². The van der Waals surface area contributed by atoms with Gasteiger partial charge < -0.3 is 5.32 Å². The highest BCUT2D eigenvalue weighted by Crippen LogP contribution is 2.22. The molecule has 16 heavy (non-hydrogen) atoms. The van der Waals surface area contributed by atoms with Crippen LogP contribution in [0.15, 0.2) is 18.6 Å². The number of hydrogen-bond acceptors (Lipinski definition) is 5. The lowest BCUT2D eigenvalue weighted by atomic mass is 10.2. The highest BCUT2D eigenvalue weighted by atomic mass is 15.0. The summed E-state index contributed by atoms with van der Waals surface area (Å²) in [5.74, 6) is 0.726. The van der Waals surface area contributed by atoms with Crippen molar-refractivity contribution in [3.05, 3.63) is 30.0 Å². The van der Waals surface area contributed by atoms with Crippen LogP contribution < -0.4 is 5.32 Å². The summed E-state index contributed by atoms with van der Waals surface area (Å²) in [5.41, 5.74) is 3.28. The van der Waals surface area contributed by atoms with Gasteiger partial charge in [0.25, 0.3) is 0 Å². The van der Waals surface area contributed by atoms with Crippen molar-refractivity contribution in [3.8, 4) is 11.4 Å². The van der Waals surface area contributed by atoms with Crippen LogP contribution >= 0.6 is 0 Å². The molecule has 0 aliphatic rings. The molecule has 1 N–H and O–H groups in total. The lowest BCUT2D eigenvalue weighted by molar-refractivity contribution is 1.04. The van der Waals surface area contributed by atoms with Gasteiger partial charge in [-0.25, -0.2) is 9.97 Å². The Labute approximate surface area is 94.0 Å². The van der Waals surface area contributed by atoms with E-state index in [4.69, 9.17) is 0 Å². The minimum Gasteiger partial charge on any atom is -0.371 e. The molecular weight excluding hydrogens is 202 g/mol. The van der Waals surface area contributed by atoms with Crippen molar-refractivity contribution in [3.63, 3.8) is 0 Å². The Balaban J connectivity index is 2.60. The molecule has 0 amide bonds. The van der Waals surface area contributed by atoms with E-state index in [0.717, 1.165) is 28.6 Å². The SMILES string of the molecule is CNc1nc(C)c(C)nc1-c1cnccn1. The van der Waals surface area contributed by atoms with Crippen LogP contribution in [-0.2, 0) is 0 Å². The molecule has 0 saturated carbocycles. The molecule has 0 aliphatic heterocycles. The van der Waals surface area contributed by atoms with Gasteiger partial charge in [-0.1, -0.05) is 0 Å². The van der Waals surface area contributed by atoms with Crippen LogP contribution in [0.25, 0.3) is 11.4 Å². The van der Waals surface area contributed by atoms with Crippen molar-refractivity contribution < 1.29 is 0 Å². The average molecular weight is 215 g/mol. The van der Waals surface area contributed by atoms with Crippen LogP contribution in [-0.4, -0.2) is 27.0 Å². The third-order valence-corrected chi connectivity index (χ3v) is 2.35. The number of nitrogens with one attached hydrogen (secondary N) is 1. The summed E-state index contributed by atoms with van der Waals surface area (Å²) in [6, 6.07) is 0. The molecule has 2 rings (SSSR count). The van der Waals surface area contributed by atoms with Gasteiger partial charge in [0.15, 0.2) is 5.82 Å². The van der Waals surface area contributed by atoms with Gasteiger partial charge in [0.2, 0.25) is 0 Å². The molecule has 0 bridgehead atoms. The topological polar surface area (TPSA) is 63.6 Å². The molecule has 82 valence electrons. The maximum Gasteiger partial charge on any atom is 0.154 e. The summed E-state index contributed by atoms with van der Waals surface area (Å²) >= 11 is 0. The summed E-state index contributed by atoms with van der Waals surface area (Å²) < 4.78 is 0. The predicted molar refractivity (Wildman–Crippen MR) is 62.1 cm³/mol. The van der Waals surface area contributed by atoms with Crippen molar-refractivity contribution in [2.24, 2.45) is 0 Å². The van der Waals surface area contributed by atoms with E-state index in [0.29, 0.717) is 0 Å². The zero-order chi connectivity index (χ0) is 11.5. The molecular formula is C11H13N5. The Morgan fingerprint density at radius 1 is 1.06 bits per heavy atom. The summed E-state index contributed by atoms with van der Waals surface area (Å²) in [6.07, 6.45) is 4.96. The number of aryl methyl sites for hydroxylation is 2. The van der Waals surface area contributed by atoms with Crippen molar-refractivity contribution in [2.45, 2.75) is 13.8 Å². The summed E-state index contributed by atoms with van der Waals surface area (Å²) in [7, 11) is 1.82. The molecule has 2 aromatic rings. The lowest BCUT2D eigenvalue weighted by Gasteiger charge is -2.09. The molecule has 0 atom stereocenters. The van der Waals surface area contributed by atoms with Crippen molar-refractivity contribution in [1.82, 2.24) is 19.9 Å². The third-order valence-electron chi connectivity index (χ3n) is 2.35. The second-order valence-corrected chi connectivity index (χ2v) is 3.43. The normalized spacial score (nSPS) is 10.2. The minimum atomic E-state index is 0.724. The fourth-order valence-corrected chi connectivity index (χ4v) is 1.38. The smallest absolute Gasteiger partial charge is 0.154 e. The first-order valence-electron chi connectivity index (χ1n) is 5.01. The van der Waals surface area contributed by atoms with Gasteiger partial charge in [0.05, 0.1) is 17.6 Å². The van der Waals surface area contributed by atoms with Gasteiger partial charge in [-0.15, -0.1) is 0 Å². The van der Waals surface area contributed by atoms with Crippen LogP contribution in [0, 0.1) is 13.8 Å². The molecule has 5 nitrogen and oxygen atoms in total. The number of rotatable bonds is 2. The lowest BCUT2D eigenvalue weighted by Crippen LogP contribution is -2.03. The Kier molecular flexibility index (Phi) is 2.76. The first-order chi connectivity index (χ1) is 7.72. The number of nitrogens with zero attached hydrogens (tertiary/aromatic N) is 4. The van der Waals surface area contributed by atoms with Crippen LogP contribution in [0.1, 0.15) is 11.4 Å². The van der Waals surface area contributed by atoms with Crippen LogP contribution in [0.3, 0.4) is 0 Å². The number of hydrogen-bond donors (Lipinski definition) is 1. The van der Waals surface area contributed by atoms with Crippen molar-refractivity contribution in [1.29, 1.82) is 0 Å². The van der Waals surface area contributed by atoms with Crippen LogP contribution in [0.2, 0.25) is 0 Å². The zero-order valence-electron chi connectivity index (χ0n) is 9.52. The molecule has 0 saturated heterocycles. The second-order valence-electron chi connectivity index (χ2n) is 3.43. The standard InChI is InChI=1S/C11H13N5/c1-7-8(2)16-11(12-3)10(15-7)9-6-13-4-5-14-9/h4-6H,1-3H3,(H,12,16). The van der Waals surface area contributed by atoms with E-state index in [-0.39, 0.29) is 0 Å². The Morgan fingerprint density at radius 3 is 2.44 bits per heavy atom. The van der Waals surface area contributed by atoms with E-state index >= 15 is 0 Å². The Bertz CT molecular complexity index is 495. The van der Waals surface area contributed by atoms with Gasteiger partial charge in [-0.3, -0.25) is 9.97 Å². The molecule has 0 aliphatic carbocycles. The average Bonchev–Trinajstić information content (AvgIpc) is 2.33. The third kappa shape index (κ3) is 1.84. The van der Waals surface area contributed by atoms with Crippen LogP contribution in [0.5, 0.6) is 0 Å². The molecule has 0 spiro atoms. The quantitative estimate of drug-likeness (QED) is 0.824. The first kappa shape index (κ1) is 10.5. The Hall–Kier alpha value is -2.04. The summed E-state index contributed by atoms with van der Waals surface area (Å²) in [6.45, 7) is 3.87. The zero-order valence-corrected chi connectivity index (χ0v) is 9.52. The summed E-state index contributed by atoms with van der Waals surface area (Å²) in [4.78, 5) is 17.2. The Morgan fingerprint density at radius 2 is 1.81 bits per heavy atom. The number of aromatic nitrogens is 4. The molecule has 0 radical (unpaired) electrons. The maximum absolute atomic E-state index is 4.49. The highest BCUT2D eigenvalue weighted by Gasteiger charge is 2.10. The highest BCUT2D eigenvalue weighted by molar-refractivity contribution is 5.67. The van der Waals surface area contributed by atoms with Crippen molar-refractivity contribution >= 4 is 5.82 Å². The molecule has 0 fully saturated rings. The molecule has 0 aromatic carbocycles. The van der Waals surface area contributed by atoms with Gasteiger partial charge in [0, 0.05) is 19.4 Å². The second kappa shape index (κ2) is 4.22. The molecule has 0 unspecified atom stereocenters. The van der Waals surface area contributed by atoms with Crippen molar-refractivity contribution in [2.75, 3.05) is 12.4 Å². The first-order valence-corrected chi connectivity index (χ1v) is 5.01. The van der Waals surface area contributed by atoms with Gasteiger partial charge in [-0.05, 0) is 13.8 Å². The van der Waals surface area contributed by atoms with Crippen LogP contribution in [0.4, 0.5) is 5.82 Å². The predicted octanol–water partition coefficient (Wildman–Crippen LogP) is 1.59. The van der Waals surface area contributed by atoms with E-state index in [1.807, 2.05) is 20.9 Å². The minimum absolute atomic E-state index is 0.724. The van der Waals surface area contributed by atoms with E-state index in [1.165, 1.54) is 0 Å². The molecule has 5 heteroatoms. The fourth-order valence-electron chi connectivity index (χ4n) is 1.38. The molecule has 2 aromatic heterocycles. The number of anilines is 1. The van der Waals surface area contributed by atoms with E-state index in [2.05, 4.69) is 25.3 Å². The van der Waals surface area contributed by atoms with E-state index in [9.17, 15) is 0 Å². The largest absolute Gasteiger partial charge is 0.371 e. The van der Waals surface area contributed by atoms with E-state index in [1.54, 1.807) is 18.6 Å². The van der Waals surface area contributed by atoms with E-state index < -0.39 is 0 Å².